The lowest BCUT2D eigenvalue weighted by molar-refractivity contribution is -0.384. The predicted octanol–water partition coefficient (Wildman–Crippen LogP) is 1.89. The van der Waals surface area contributed by atoms with Crippen LogP contribution < -0.4 is 15.8 Å². The van der Waals surface area contributed by atoms with E-state index < -0.39 is 28.2 Å². The molecule has 10 nitrogen and oxygen atoms in total. The molecule has 0 aliphatic carbocycles. The predicted molar refractivity (Wildman–Crippen MR) is 104 cm³/mol. The van der Waals surface area contributed by atoms with Crippen molar-refractivity contribution in [3.63, 3.8) is 0 Å². The molecular weight excluding hydrogens is 376 g/mol. The van der Waals surface area contributed by atoms with Gasteiger partial charge in [-0.05, 0) is 24.8 Å². The second-order valence-corrected chi connectivity index (χ2v) is 7.12. The van der Waals surface area contributed by atoms with Crippen LogP contribution in [0.25, 0.3) is 0 Å². The van der Waals surface area contributed by atoms with Gasteiger partial charge < -0.3 is 10.2 Å². The molecule has 2 N–H and O–H groups in total. The highest BCUT2D eigenvalue weighted by molar-refractivity contribution is 5.98. The van der Waals surface area contributed by atoms with Gasteiger partial charge in [0.2, 0.25) is 11.9 Å². The van der Waals surface area contributed by atoms with E-state index in [1.807, 2.05) is 11.0 Å². The first-order valence-electron chi connectivity index (χ1n) is 9.33. The fourth-order valence-electron chi connectivity index (χ4n) is 3.92. The topological polar surface area (TPSA) is 145 Å². The second-order valence-electron chi connectivity index (χ2n) is 7.12. The van der Waals surface area contributed by atoms with Crippen molar-refractivity contribution in [2.24, 2.45) is 5.92 Å². The Morgan fingerprint density at radius 2 is 1.86 bits per heavy atom. The summed E-state index contributed by atoms with van der Waals surface area (Å²) in [5.41, 5.74) is 0.108. The van der Waals surface area contributed by atoms with Crippen LogP contribution in [0.15, 0.2) is 29.1 Å². The average Bonchev–Trinajstić information content (AvgIpc) is 2.73. The summed E-state index contributed by atoms with van der Waals surface area (Å²) in [5.74, 6) is -2.03. The molecule has 2 aromatic rings. The van der Waals surface area contributed by atoms with Gasteiger partial charge in [0.15, 0.2) is 0 Å². The number of H-pyrrole nitrogens is 1. The smallest absolute Gasteiger partial charge is 0.269 e. The first-order valence-corrected chi connectivity index (χ1v) is 9.33. The third-order valence-corrected chi connectivity index (χ3v) is 5.37. The number of aromatic amines is 1. The standard InChI is InChI=1S/C19H18N6O4/c20-10-13-14(11-4-6-12(7-5-11)25(28)29)15-16(21-17(13)26)22-19(23-18(15)27)24-8-2-1-3-9-24/h4-7,13-14H,1-3,8-9H2,(H2,21,22,23,26,27). The highest BCUT2D eigenvalue weighted by atomic mass is 16.6. The van der Waals surface area contributed by atoms with E-state index in [-0.39, 0.29) is 17.1 Å². The van der Waals surface area contributed by atoms with E-state index in [1.54, 1.807) is 0 Å². The third-order valence-electron chi connectivity index (χ3n) is 5.37. The summed E-state index contributed by atoms with van der Waals surface area (Å²) in [6, 6.07) is 7.46. The van der Waals surface area contributed by atoms with Crippen LogP contribution in [0.2, 0.25) is 0 Å². The highest BCUT2D eigenvalue weighted by Crippen LogP contribution is 2.38. The summed E-state index contributed by atoms with van der Waals surface area (Å²) < 4.78 is 0. The van der Waals surface area contributed by atoms with Crippen molar-refractivity contribution in [3.05, 3.63) is 55.9 Å². The highest BCUT2D eigenvalue weighted by Gasteiger charge is 2.40. The van der Waals surface area contributed by atoms with Gasteiger partial charge in [-0.25, -0.2) is 0 Å². The molecule has 2 aliphatic rings. The number of amides is 1. The molecule has 29 heavy (non-hydrogen) atoms. The van der Waals surface area contributed by atoms with Crippen LogP contribution in [0.5, 0.6) is 0 Å². The Hall–Kier alpha value is -3.74. The first-order chi connectivity index (χ1) is 14.0. The van der Waals surface area contributed by atoms with Crippen LogP contribution >= 0.6 is 0 Å². The molecule has 2 aliphatic heterocycles. The van der Waals surface area contributed by atoms with Crippen molar-refractivity contribution in [1.29, 1.82) is 5.26 Å². The molecule has 4 rings (SSSR count). The zero-order valence-electron chi connectivity index (χ0n) is 15.4. The molecule has 1 aromatic carbocycles. The molecule has 1 saturated heterocycles. The second kappa shape index (κ2) is 7.35. The summed E-state index contributed by atoms with van der Waals surface area (Å²) >= 11 is 0. The lowest BCUT2D eigenvalue weighted by Gasteiger charge is -2.31. The molecule has 3 heterocycles. The van der Waals surface area contributed by atoms with Crippen molar-refractivity contribution in [2.75, 3.05) is 23.3 Å². The van der Waals surface area contributed by atoms with Crippen LogP contribution in [0.4, 0.5) is 17.5 Å². The Bertz CT molecular complexity index is 1070. The molecule has 0 bridgehead atoms. The van der Waals surface area contributed by atoms with Gasteiger partial charge in [0.1, 0.15) is 11.7 Å². The number of hydrogen-bond acceptors (Lipinski definition) is 7. The molecule has 2 atom stereocenters. The Morgan fingerprint density at radius 1 is 1.17 bits per heavy atom. The maximum Gasteiger partial charge on any atom is 0.269 e. The summed E-state index contributed by atoms with van der Waals surface area (Å²) in [4.78, 5) is 45.1. The maximum atomic E-state index is 13.0. The van der Waals surface area contributed by atoms with Crippen LogP contribution in [-0.4, -0.2) is 33.9 Å². The van der Waals surface area contributed by atoms with Gasteiger partial charge >= 0.3 is 0 Å². The number of piperidine rings is 1. The third kappa shape index (κ3) is 3.31. The largest absolute Gasteiger partial charge is 0.342 e. The van der Waals surface area contributed by atoms with E-state index in [9.17, 15) is 25.0 Å². The maximum absolute atomic E-state index is 13.0. The van der Waals surface area contributed by atoms with Crippen LogP contribution in [0.1, 0.15) is 36.3 Å². The number of carbonyl (C=O) groups excluding carboxylic acids is 1. The Kier molecular flexibility index (Phi) is 4.72. The first kappa shape index (κ1) is 18.6. The lowest BCUT2D eigenvalue weighted by Crippen LogP contribution is -2.40. The van der Waals surface area contributed by atoms with E-state index >= 15 is 0 Å². The number of nitro benzene ring substituents is 1. The quantitative estimate of drug-likeness (QED) is 0.597. The summed E-state index contributed by atoms with van der Waals surface area (Å²) in [6.45, 7) is 1.53. The minimum absolute atomic E-state index is 0.116. The number of fused-ring (bicyclic) bond motifs is 1. The van der Waals surface area contributed by atoms with Gasteiger partial charge in [0.25, 0.3) is 11.2 Å². The van der Waals surface area contributed by atoms with Crippen molar-refractivity contribution in [2.45, 2.75) is 25.2 Å². The number of hydrogen-bond donors (Lipinski definition) is 2. The normalized spacial score (nSPS) is 21.1. The number of nitriles is 1. The van der Waals surface area contributed by atoms with Gasteiger partial charge in [0.05, 0.1) is 16.6 Å². The molecule has 0 spiro atoms. The molecule has 1 fully saturated rings. The van der Waals surface area contributed by atoms with Crippen molar-refractivity contribution in [1.82, 2.24) is 9.97 Å². The molecule has 1 amide bonds. The molecule has 1 aromatic heterocycles. The van der Waals surface area contributed by atoms with Crippen molar-refractivity contribution in [3.8, 4) is 6.07 Å². The number of nitrogens with zero attached hydrogens (tertiary/aromatic N) is 4. The Balaban J connectivity index is 1.81. The minimum atomic E-state index is -1.15. The minimum Gasteiger partial charge on any atom is -0.342 e. The Labute approximate surface area is 165 Å². The number of benzene rings is 1. The zero-order chi connectivity index (χ0) is 20.5. The number of nitrogens with one attached hydrogen (secondary N) is 2. The number of nitro groups is 1. The molecule has 148 valence electrons. The Morgan fingerprint density at radius 3 is 2.48 bits per heavy atom. The SMILES string of the molecule is N#CC1C(=O)Nc2nc(N3CCCCC3)[nH]c(=O)c2C1c1ccc([N+](=O)[O-])cc1. The fraction of sp³-hybridized carbons (Fsp3) is 0.368. The van der Waals surface area contributed by atoms with Gasteiger partial charge in [0, 0.05) is 31.1 Å². The molecular formula is C19H18N6O4. The van der Waals surface area contributed by atoms with Crippen molar-refractivity contribution < 1.29 is 9.72 Å². The van der Waals surface area contributed by atoms with Gasteiger partial charge in [-0.3, -0.25) is 24.7 Å². The average molecular weight is 394 g/mol. The summed E-state index contributed by atoms with van der Waals surface area (Å²) in [7, 11) is 0. The summed E-state index contributed by atoms with van der Waals surface area (Å²) in [6.07, 6.45) is 3.11. The lowest BCUT2D eigenvalue weighted by atomic mass is 9.79. The number of aromatic nitrogens is 2. The molecule has 0 radical (unpaired) electrons. The number of carbonyl (C=O) groups is 1. The van der Waals surface area contributed by atoms with E-state index in [0.29, 0.717) is 11.5 Å². The van der Waals surface area contributed by atoms with Gasteiger partial charge in [-0.15, -0.1) is 0 Å². The van der Waals surface area contributed by atoms with Crippen LogP contribution in [0, 0.1) is 27.4 Å². The van der Waals surface area contributed by atoms with E-state index in [2.05, 4.69) is 15.3 Å². The fourth-order valence-corrected chi connectivity index (χ4v) is 3.92. The number of anilines is 2. The molecule has 10 heteroatoms. The molecule has 0 saturated carbocycles. The van der Waals surface area contributed by atoms with E-state index in [4.69, 9.17) is 0 Å². The number of non-ortho nitro benzene ring substituents is 1. The van der Waals surface area contributed by atoms with E-state index in [0.717, 1.165) is 32.4 Å². The van der Waals surface area contributed by atoms with Gasteiger partial charge in [-0.2, -0.15) is 10.2 Å². The van der Waals surface area contributed by atoms with Crippen LogP contribution in [0.3, 0.4) is 0 Å². The zero-order valence-corrected chi connectivity index (χ0v) is 15.4. The monoisotopic (exact) mass is 394 g/mol. The summed E-state index contributed by atoms with van der Waals surface area (Å²) in [5, 5.41) is 23.1. The van der Waals surface area contributed by atoms with E-state index in [1.165, 1.54) is 24.3 Å². The molecule has 2 unspecified atom stereocenters. The number of rotatable bonds is 3. The van der Waals surface area contributed by atoms with Crippen molar-refractivity contribution >= 4 is 23.4 Å². The van der Waals surface area contributed by atoms with Gasteiger partial charge in [-0.1, -0.05) is 12.1 Å². The van der Waals surface area contributed by atoms with Crippen LogP contribution in [-0.2, 0) is 4.79 Å².